The first-order valence-electron chi connectivity index (χ1n) is 6.76. The Labute approximate surface area is 131 Å². The van der Waals surface area contributed by atoms with Crippen molar-refractivity contribution in [2.24, 2.45) is 0 Å². The minimum atomic E-state index is -4.82. The number of nitrogens with zero attached hydrogens (tertiary/aromatic N) is 3. The fraction of sp³-hybridized carbons (Fsp3) is 0.538. The largest absolute Gasteiger partial charge is 0.417 e. The predicted octanol–water partition coefficient (Wildman–Crippen LogP) is 1.42. The minimum absolute atomic E-state index is 0.141. The van der Waals surface area contributed by atoms with Gasteiger partial charge in [-0.05, 0) is 31.4 Å². The van der Waals surface area contributed by atoms with Crippen LogP contribution in [0.25, 0.3) is 0 Å². The number of halogens is 3. The van der Waals surface area contributed by atoms with Crippen molar-refractivity contribution in [2.45, 2.75) is 35.9 Å². The number of hydrogen-bond donors (Lipinski definition) is 1. The fourth-order valence-corrected chi connectivity index (χ4v) is 4.01. The summed E-state index contributed by atoms with van der Waals surface area (Å²) in [6, 6.07) is 4.16. The maximum Gasteiger partial charge on any atom is 0.417 e. The summed E-state index contributed by atoms with van der Waals surface area (Å²) in [5, 5.41) is 18.7. The van der Waals surface area contributed by atoms with E-state index in [4.69, 9.17) is 5.26 Å². The van der Waals surface area contributed by atoms with Crippen LogP contribution in [-0.4, -0.2) is 47.7 Å². The SMILES string of the molecule is N#Cc1ncccc1S(=O)(=O)N1CCCC(O)(C(F)(F)F)CC1. The Bertz CT molecular complexity index is 730. The first kappa shape index (κ1) is 17.7. The molecule has 10 heteroatoms. The van der Waals surface area contributed by atoms with Crippen molar-refractivity contribution in [3.05, 3.63) is 24.0 Å². The molecule has 0 radical (unpaired) electrons. The zero-order valence-electron chi connectivity index (χ0n) is 11.9. The summed E-state index contributed by atoms with van der Waals surface area (Å²) in [6.07, 6.45) is -5.03. The van der Waals surface area contributed by atoms with Gasteiger partial charge in [0.05, 0.1) is 0 Å². The minimum Gasteiger partial charge on any atom is -0.380 e. The molecule has 1 aliphatic heterocycles. The second kappa shape index (κ2) is 6.07. The highest BCUT2D eigenvalue weighted by Gasteiger charge is 2.54. The highest BCUT2D eigenvalue weighted by Crippen LogP contribution is 2.39. The lowest BCUT2D eigenvalue weighted by atomic mass is 9.94. The second-order valence-electron chi connectivity index (χ2n) is 5.25. The van der Waals surface area contributed by atoms with Crippen LogP contribution in [0.2, 0.25) is 0 Å². The summed E-state index contributed by atoms with van der Waals surface area (Å²) in [6.45, 7) is -0.654. The lowest BCUT2D eigenvalue weighted by Gasteiger charge is -2.29. The number of aliphatic hydroxyl groups is 1. The number of pyridine rings is 1. The zero-order valence-corrected chi connectivity index (χ0v) is 12.7. The normalized spacial score (nSPS) is 24.0. The topological polar surface area (TPSA) is 94.3 Å². The van der Waals surface area contributed by atoms with Crippen LogP contribution < -0.4 is 0 Å². The van der Waals surface area contributed by atoms with Crippen molar-refractivity contribution in [1.82, 2.24) is 9.29 Å². The van der Waals surface area contributed by atoms with Gasteiger partial charge in [0.1, 0.15) is 11.0 Å². The molecule has 1 unspecified atom stereocenters. The molecule has 0 saturated carbocycles. The van der Waals surface area contributed by atoms with Gasteiger partial charge in [0.15, 0.2) is 11.3 Å². The molecule has 0 bridgehead atoms. The average molecular weight is 349 g/mol. The van der Waals surface area contributed by atoms with E-state index < -0.39 is 41.2 Å². The molecule has 1 fully saturated rings. The maximum absolute atomic E-state index is 12.9. The first-order chi connectivity index (χ1) is 10.6. The molecule has 0 amide bonds. The number of nitriles is 1. The zero-order chi connectivity index (χ0) is 17.3. The van der Waals surface area contributed by atoms with Crippen molar-refractivity contribution in [2.75, 3.05) is 13.1 Å². The Morgan fingerprint density at radius 2 is 2.04 bits per heavy atom. The van der Waals surface area contributed by atoms with Gasteiger partial charge in [0, 0.05) is 19.3 Å². The molecule has 2 rings (SSSR count). The van der Waals surface area contributed by atoms with Gasteiger partial charge in [-0.1, -0.05) is 0 Å². The summed E-state index contributed by atoms with van der Waals surface area (Å²) in [7, 11) is -4.15. The molecule has 1 atom stereocenters. The van der Waals surface area contributed by atoms with Gasteiger partial charge in [-0.25, -0.2) is 13.4 Å². The van der Waals surface area contributed by atoms with Crippen molar-refractivity contribution in [3.8, 4) is 6.07 Å². The second-order valence-corrected chi connectivity index (χ2v) is 7.16. The third kappa shape index (κ3) is 3.31. The molecule has 1 N–H and O–H groups in total. The summed E-state index contributed by atoms with van der Waals surface area (Å²) in [5.41, 5.74) is -3.22. The molecular formula is C13H14F3N3O3S. The standard InChI is InChI=1S/C13H14F3N3O3S/c14-13(15,16)12(20)4-2-7-19(8-5-12)23(21,22)11-3-1-6-18-10(11)9-17/h1,3,6,20H,2,4-5,7-8H2. The van der Waals surface area contributed by atoms with Crippen LogP contribution >= 0.6 is 0 Å². The van der Waals surface area contributed by atoms with Crippen LogP contribution in [0.3, 0.4) is 0 Å². The van der Waals surface area contributed by atoms with Gasteiger partial charge in [-0.2, -0.15) is 22.7 Å². The number of hydrogen-bond acceptors (Lipinski definition) is 5. The highest BCUT2D eigenvalue weighted by atomic mass is 32.2. The van der Waals surface area contributed by atoms with Crippen molar-refractivity contribution in [1.29, 1.82) is 5.26 Å². The van der Waals surface area contributed by atoms with E-state index in [-0.39, 0.29) is 23.6 Å². The van der Waals surface area contributed by atoms with Crippen LogP contribution in [0.1, 0.15) is 25.0 Å². The van der Waals surface area contributed by atoms with E-state index >= 15 is 0 Å². The van der Waals surface area contributed by atoms with Crippen LogP contribution in [-0.2, 0) is 10.0 Å². The fourth-order valence-electron chi connectivity index (χ4n) is 2.44. The molecule has 1 saturated heterocycles. The van der Waals surface area contributed by atoms with E-state index in [1.807, 2.05) is 0 Å². The summed E-state index contributed by atoms with van der Waals surface area (Å²) in [4.78, 5) is 3.31. The van der Waals surface area contributed by atoms with Crippen molar-refractivity contribution >= 4 is 10.0 Å². The first-order valence-corrected chi connectivity index (χ1v) is 8.20. The Morgan fingerprint density at radius 1 is 1.35 bits per heavy atom. The summed E-state index contributed by atoms with van der Waals surface area (Å²) in [5.74, 6) is 0. The molecule has 0 aromatic carbocycles. The molecule has 126 valence electrons. The van der Waals surface area contributed by atoms with E-state index in [9.17, 15) is 26.7 Å². The van der Waals surface area contributed by atoms with Crippen molar-refractivity contribution in [3.63, 3.8) is 0 Å². The molecule has 2 heterocycles. The number of aromatic nitrogens is 1. The Morgan fingerprint density at radius 3 is 2.65 bits per heavy atom. The molecule has 6 nitrogen and oxygen atoms in total. The lowest BCUT2D eigenvalue weighted by molar-refractivity contribution is -0.263. The van der Waals surface area contributed by atoms with Gasteiger partial charge in [-0.15, -0.1) is 0 Å². The quantitative estimate of drug-likeness (QED) is 0.871. The molecule has 0 spiro atoms. The molecule has 1 aliphatic rings. The Balaban J connectivity index is 2.31. The molecule has 1 aromatic heterocycles. The average Bonchev–Trinajstić information content (AvgIpc) is 2.70. The van der Waals surface area contributed by atoms with E-state index in [0.717, 1.165) is 4.31 Å². The van der Waals surface area contributed by atoms with Crippen molar-refractivity contribution < 1.29 is 26.7 Å². The Hall–Kier alpha value is -1.70. The monoisotopic (exact) mass is 349 g/mol. The number of rotatable bonds is 2. The lowest BCUT2D eigenvalue weighted by Crippen LogP contribution is -2.46. The maximum atomic E-state index is 12.9. The third-order valence-electron chi connectivity index (χ3n) is 3.79. The summed E-state index contributed by atoms with van der Waals surface area (Å²) >= 11 is 0. The molecule has 0 aliphatic carbocycles. The smallest absolute Gasteiger partial charge is 0.380 e. The van der Waals surface area contributed by atoms with E-state index in [2.05, 4.69) is 4.98 Å². The molecule has 23 heavy (non-hydrogen) atoms. The van der Waals surface area contributed by atoms with Gasteiger partial charge in [0.2, 0.25) is 10.0 Å². The highest BCUT2D eigenvalue weighted by molar-refractivity contribution is 7.89. The van der Waals surface area contributed by atoms with Gasteiger partial charge in [-0.3, -0.25) is 0 Å². The van der Waals surface area contributed by atoms with Gasteiger partial charge >= 0.3 is 6.18 Å². The van der Waals surface area contributed by atoms with E-state index in [1.54, 1.807) is 6.07 Å². The molecular weight excluding hydrogens is 335 g/mol. The number of sulfonamides is 1. The van der Waals surface area contributed by atoms with Crippen LogP contribution in [0, 0.1) is 11.3 Å². The molecule has 1 aromatic rings. The third-order valence-corrected chi connectivity index (χ3v) is 5.72. The van der Waals surface area contributed by atoms with Gasteiger partial charge in [0.25, 0.3) is 0 Å². The number of alkyl halides is 3. The van der Waals surface area contributed by atoms with Gasteiger partial charge < -0.3 is 5.11 Å². The predicted molar refractivity (Wildman–Crippen MR) is 72.6 cm³/mol. The van der Waals surface area contributed by atoms with E-state index in [1.165, 1.54) is 18.3 Å². The summed E-state index contributed by atoms with van der Waals surface area (Å²) < 4.78 is 64.7. The van der Waals surface area contributed by atoms with E-state index in [0.29, 0.717) is 0 Å². The van der Waals surface area contributed by atoms with Crippen LogP contribution in [0.15, 0.2) is 23.2 Å². The van der Waals surface area contributed by atoms with Crippen LogP contribution in [0.5, 0.6) is 0 Å². The Kier molecular flexibility index (Phi) is 4.66. The van der Waals surface area contributed by atoms with Crippen LogP contribution in [0.4, 0.5) is 13.2 Å².